The average Bonchev–Trinajstić information content (AvgIpc) is 2.84. The quantitative estimate of drug-likeness (QED) is 0.361. The molecule has 0 aliphatic heterocycles. The van der Waals surface area contributed by atoms with Gasteiger partial charge in [0.15, 0.2) is 0 Å². The van der Waals surface area contributed by atoms with Crippen molar-refractivity contribution in [3.8, 4) is 0 Å². The molecule has 0 heterocycles. The molecule has 0 aromatic rings. The van der Waals surface area contributed by atoms with Gasteiger partial charge in [-0.2, -0.15) is 0 Å². The Hall–Kier alpha value is -1.25. The smallest absolute Gasteiger partial charge is 0.350 e. The van der Waals surface area contributed by atoms with Crippen LogP contribution in [-0.4, -0.2) is 18.7 Å². The van der Waals surface area contributed by atoms with Crippen molar-refractivity contribution in [3.05, 3.63) is 25.0 Å². The van der Waals surface area contributed by atoms with Gasteiger partial charge in [0.25, 0.3) is 0 Å². The predicted molar refractivity (Wildman–Crippen MR) is 44.4 cm³/mol. The highest BCUT2D eigenvalue weighted by molar-refractivity contribution is 5.82. The number of ether oxygens (including phenoxy) is 2. The van der Waals surface area contributed by atoms with Crippen LogP contribution in [0.2, 0.25) is 0 Å². The molecule has 0 spiro atoms. The highest BCUT2D eigenvalue weighted by atomic mass is 16.6. The van der Waals surface area contributed by atoms with Crippen molar-refractivity contribution in [1.82, 2.24) is 0 Å². The van der Waals surface area contributed by atoms with Crippen molar-refractivity contribution in [2.75, 3.05) is 7.11 Å². The van der Waals surface area contributed by atoms with Crippen LogP contribution in [0.5, 0.6) is 0 Å². The third-order valence-electron chi connectivity index (χ3n) is 1.82. The lowest BCUT2D eigenvalue weighted by molar-refractivity contribution is -0.153. The standard InChI is InChI=1S/C9H12O3/c1-4-7(2)12-9(5-6-9)8(10)11-3/h4H,1-2,5-6H2,3H3. The van der Waals surface area contributed by atoms with Crippen molar-refractivity contribution in [2.45, 2.75) is 18.4 Å². The first-order valence-electron chi connectivity index (χ1n) is 3.73. The zero-order valence-corrected chi connectivity index (χ0v) is 7.13. The lowest BCUT2D eigenvalue weighted by Crippen LogP contribution is -2.26. The molecule has 1 aliphatic rings. The van der Waals surface area contributed by atoms with Crippen LogP contribution >= 0.6 is 0 Å². The third-order valence-corrected chi connectivity index (χ3v) is 1.82. The molecule has 0 aromatic carbocycles. The van der Waals surface area contributed by atoms with E-state index in [1.165, 1.54) is 13.2 Å². The molecule has 1 rings (SSSR count). The van der Waals surface area contributed by atoms with Crippen LogP contribution in [0.4, 0.5) is 0 Å². The first-order chi connectivity index (χ1) is 5.64. The van der Waals surface area contributed by atoms with Gasteiger partial charge >= 0.3 is 5.97 Å². The summed E-state index contributed by atoms with van der Waals surface area (Å²) in [7, 11) is 1.35. The number of carbonyl (C=O) groups is 1. The molecule has 0 radical (unpaired) electrons. The van der Waals surface area contributed by atoms with Gasteiger partial charge in [-0.15, -0.1) is 0 Å². The minimum Gasteiger partial charge on any atom is -0.476 e. The lowest BCUT2D eigenvalue weighted by atomic mass is 10.3. The summed E-state index contributed by atoms with van der Waals surface area (Å²) in [4.78, 5) is 11.1. The summed E-state index contributed by atoms with van der Waals surface area (Å²) < 4.78 is 9.85. The molecule has 12 heavy (non-hydrogen) atoms. The molecule has 0 amide bonds. The molecule has 0 unspecified atom stereocenters. The summed E-state index contributed by atoms with van der Waals surface area (Å²) in [6.45, 7) is 7.05. The highest BCUT2D eigenvalue weighted by Gasteiger charge is 2.54. The number of hydrogen-bond donors (Lipinski definition) is 0. The summed E-state index contributed by atoms with van der Waals surface area (Å²) in [6.07, 6.45) is 2.88. The Kier molecular flexibility index (Phi) is 2.22. The predicted octanol–water partition coefficient (Wildman–Crippen LogP) is 1.41. The van der Waals surface area contributed by atoms with Crippen LogP contribution in [0.25, 0.3) is 0 Å². The van der Waals surface area contributed by atoms with Crippen LogP contribution in [0, 0.1) is 0 Å². The van der Waals surface area contributed by atoms with E-state index >= 15 is 0 Å². The van der Waals surface area contributed by atoms with Crippen molar-refractivity contribution in [1.29, 1.82) is 0 Å². The second kappa shape index (κ2) is 3.01. The number of carbonyl (C=O) groups excluding carboxylic acids is 1. The number of rotatable bonds is 4. The van der Waals surface area contributed by atoms with Gasteiger partial charge in [0.1, 0.15) is 5.76 Å². The topological polar surface area (TPSA) is 35.5 Å². The van der Waals surface area contributed by atoms with Crippen molar-refractivity contribution in [3.63, 3.8) is 0 Å². The van der Waals surface area contributed by atoms with Gasteiger partial charge in [-0.05, 0) is 6.08 Å². The van der Waals surface area contributed by atoms with E-state index in [0.717, 1.165) is 0 Å². The Labute approximate surface area is 71.7 Å². The normalized spacial score (nSPS) is 17.8. The minimum absolute atomic E-state index is 0.328. The number of hydrogen-bond acceptors (Lipinski definition) is 3. The maximum absolute atomic E-state index is 11.1. The van der Waals surface area contributed by atoms with Crippen LogP contribution in [0.1, 0.15) is 12.8 Å². The zero-order valence-electron chi connectivity index (χ0n) is 7.13. The Balaban J connectivity index is 2.55. The van der Waals surface area contributed by atoms with Gasteiger partial charge in [0.05, 0.1) is 7.11 Å². The summed E-state index contributed by atoms with van der Waals surface area (Å²) in [5.74, 6) is 0.0865. The fraction of sp³-hybridized carbons (Fsp3) is 0.444. The molecular weight excluding hydrogens is 156 g/mol. The molecule has 1 aliphatic carbocycles. The Morgan fingerprint density at radius 3 is 2.50 bits per heavy atom. The highest BCUT2D eigenvalue weighted by Crippen LogP contribution is 2.42. The molecule has 0 aromatic heterocycles. The third kappa shape index (κ3) is 1.49. The van der Waals surface area contributed by atoms with Gasteiger partial charge in [-0.3, -0.25) is 0 Å². The molecule has 0 atom stereocenters. The minimum atomic E-state index is -0.750. The Morgan fingerprint density at radius 2 is 2.17 bits per heavy atom. The fourth-order valence-electron chi connectivity index (χ4n) is 0.940. The van der Waals surface area contributed by atoms with Gasteiger partial charge in [-0.25, -0.2) is 4.79 Å². The van der Waals surface area contributed by atoms with Crippen molar-refractivity contribution in [2.24, 2.45) is 0 Å². The molecular formula is C9H12O3. The molecule has 1 saturated carbocycles. The molecule has 0 bridgehead atoms. The molecule has 0 saturated heterocycles. The van der Waals surface area contributed by atoms with Crippen LogP contribution in [0.3, 0.4) is 0 Å². The molecule has 3 heteroatoms. The van der Waals surface area contributed by atoms with E-state index in [4.69, 9.17) is 4.74 Å². The maximum Gasteiger partial charge on any atom is 0.350 e. The first kappa shape index (κ1) is 8.84. The number of methoxy groups -OCH3 is 1. The van der Waals surface area contributed by atoms with E-state index in [-0.39, 0.29) is 5.97 Å². The SMILES string of the molecule is C=CC(=C)OC1(C(=O)OC)CC1. The van der Waals surface area contributed by atoms with Gasteiger partial charge < -0.3 is 9.47 Å². The van der Waals surface area contributed by atoms with Crippen molar-refractivity contribution >= 4 is 5.97 Å². The van der Waals surface area contributed by atoms with Gasteiger partial charge in [0, 0.05) is 12.8 Å². The van der Waals surface area contributed by atoms with Crippen LogP contribution < -0.4 is 0 Å². The summed E-state index contributed by atoms with van der Waals surface area (Å²) in [5, 5.41) is 0. The number of esters is 1. The Bertz CT molecular complexity index is 226. The second-order valence-corrected chi connectivity index (χ2v) is 2.76. The van der Waals surface area contributed by atoms with E-state index in [0.29, 0.717) is 18.6 Å². The fourth-order valence-corrected chi connectivity index (χ4v) is 0.940. The maximum atomic E-state index is 11.1. The summed E-state index contributed by atoms with van der Waals surface area (Å²) in [6, 6.07) is 0. The molecule has 3 nitrogen and oxygen atoms in total. The molecule has 0 N–H and O–H groups in total. The summed E-state index contributed by atoms with van der Waals surface area (Å²) in [5.41, 5.74) is -0.750. The first-order valence-corrected chi connectivity index (χ1v) is 3.73. The van der Waals surface area contributed by atoms with Gasteiger partial charge in [0.2, 0.25) is 5.60 Å². The molecule has 66 valence electrons. The van der Waals surface area contributed by atoms with Gasteiger partial charge in [-0.1, -0.05) is 13.2 Å². The Morgan fingerprint density at radius 1 is 1.58 bits per heavy atom. The molecule has 1 fully saturated rings. The monoisotopic (exact) mass is 168 g/mol. The van der Waals surface area contributed by atoms with Crippen LogP contribution in [0.15, 0.2) is 25.0 Å². The van der Waals surface area contributed by atoms with Crippen molar-refractivity contribution < 1.29 is 14.3 Å². The summed E-state index contributed by atoms with van der Waals surface area (Å²) >= 11 is 0. The van der Waals surface area contributed by atoms with E-state index in [1.54, 1.807) is 0 Å². The van der Waals surface area contributed by atoms with E-state index in [9.17, 15) is 4.79 Å². The van der Waals surface area contributed by atoms with E-state index < -0.39 is 5.60 Å². The van der Waals surface area contributed by atoms with E-state index in [1.807, 2.05) is 0 Å². The lowest BCUT2D eigenvalue weighted by Gasteiger charge is -2.14. The largest absolute Gasteiger partial charge is 0.476 e. The average molecular weight is 168 g/mol. The van der Waals surface area contributed by atoms with E-state index in [2.05, 4.69) is 17.9 Å². The zero-order chi connectivity index (χ0) is 9.19. The number of allylic oxidation sites excluding steroid dienone is 1. The van der Waals surface area contributed by atoms with Crippen LogP contribution in [-0.2, 0) is 14.3 Å². The second-order valence-electron chi connectivity index (χ2n) is 2.76.